The van der Waals surface area contributed by atoms with Gasteiger partial charge in [0.1, 0.15) is 0 Å². The molecule has 0 aliphatic carbocycles. The van der Waals surface area contributed by atoms with Crippen LogP contribution < -0.4 is 0 Å². The van der Waals surface area contributed by atoms with Gasteiger partial charge in [-0.2, -0.15) is 0 Å². The van der Waals surface area contributed by atoms with Crippen LogP contribution in [0.2, 0.25) is 0 Å². The summed E-state index contributed by atoms with van der Waals surface area (Å²) in [6.45, 7) is 7.54. The lowest BCUT2D eigenvalue weighted by molar-refractivity contribution is 0.376. The highest BCUT2D eigenvalue weighted by Gasteiger charge is 2.32. The van der Waals surface area contributed by atoms with E-state index in [4.69, 9.17) is 0 Å². The lowest BCUT2D eigenvalue weighted by Gasteiger charge is -2.31. The van der Waals surface area contributed by atoms with Gasteiger partial charge >= 0.3 is 0 Å². The molecule has 0 radical (unpaired) electrons. The first-order valence-corrected chi connectivity index (χ1v) is 5.85. The van der Waals surface area contributed by atoms with Gasteiger partial charge in [0.2, 0.25) is 0 Å². The molecule has 0 atom stereocenters. The Hall–Kier alpha value is -0.510. The van der Waals surface area contributed by atoms with Crippen molar-refractivity contribution in [3.8, 4) is 0 Å². The van der Waals surface area contributed by atoms with E-state index in [1.54, 1.807) is 6.92 Å². The molecule has 0 amide bonds. The minimum Gasteiger partial charge on any atom is -0.374 e. The van der Waals surface area contributed by atoms with E-state index in [9.17, 15) is 8.42 Å². The Morgan fingerprint density at radius 3 is 2.08 bits per heavy atom. The Kier molecular flexibility index (Phi) is 2.46. The van der Waals surface area contributed by atoms with Crippen molar-refractivity contribution in [3.63, 3.8) is 0 Å². The van der Waals surface area contributed by atoms with Crippen molar-refractivity contribution in [2.45, 2.75) is 20.8 Å². The van der Waals surface area contributed by atoms with Crippen molar-refractivity contribution >= 4 is 9.84 Å². The van der Waals surface area contributed by atoms with Crippen LogP contribution in [0.15, 0.2) is 10.6 Å². The van der Waals surface area contributed by atoms with E-state index in [0.717, 1.165) is 18.8 Å². The normalized spacial score (nSPS) is 20.6. The largest absolute Gasteiger partial charge is 0.374 e. The standard InChI is InChI=1S/C8H15NO2S/c1-4-9(5-2)8-6-12(10,11)7(8)3/h4-6H2,1-3H3. The van der Waals surface area contributed by atoms with Crippen LogP contribution in [0.3, 0.4) is 0 Å². The predicted molar refractivity (Wildman–Crippen MR) is 49.4 cm³/mol. The molecule has 0 saturated heterocycles. The molecule has 1 heterocycles. The first-order valence-electron chi connectivity index (χ1n) is 4.20. The molecule has 3 nitrogen and oxygen atoms in total. The summed E-state index contributed by atoms with van der Waals surface area (Å²) in [6.07, 6.45) is 0. The fraction of sp³-hybridized carbons (Fsp3) is 0.750. The zero-order valence-electron chi connectivity index (χ0n) is 7.79. The lowest BCUT2D eigenvalue weighted by Crippen LogP contribution is -2.35. The highest BCUT2D eigenvalue weighted by molar-refractivity contribution is 7.96. The molecule has 0 aromatic rings. The third kappa shape index (κ3) is 1.35. The molecule has 1 rings (SSSR count). The quantitative estimate of drug-likeness (QED) is 0.664. The Balaban J connectivity index is 2.88. The van der Waals surface area contributed by atoms with Crippen LogP contribution in [-0.2, 0) is 9.84 Å². The molecule has 0 aromatic carbocycles. The molecule has 12 heavy (non-hydrogen) atoms. The second kappa shape index (κ2) is 3.09. The van der Waals surface area contributed by atoms with Crippen molar-refractivity contribution in [1.29, 1.82) is 0 Å². The minimum absolute atomic E-state index is 0.237. The SMILES string of the molecule is CCN(CC)C1=C(C)S(=O)(=O)C1. The van der Waals surface area contributed by atoms with Crippen LogP contribution in [-0.4, -0.2) is 32.2 Å². The second-order valence-corrected chi connectivity index (χ2v) is 5.06. The average molecular weight is 189 g/mol. The highest BCUT2D eigenvalue weighted by Crippen LogP contribution is 2.28. The minimum atomic E-state index is -2.84. The van der Waals surface area contributed by atoms with E-state index in [-0.39, 0.29) is 5.75 Å². The number of hydrogen-bond acceptors (Lipinski definition) is 3. The van der Waals surface area contributed by atoms with Gasteiger partial charge in [0, 0.05) is 18.8 Å². The van der Waals surface area contributed by atoms with Gasteiger partial charge in [0.05, 0.1) is 10.7 Å². The van der Waals surface area contributed by atoms with Crippen molar-refractivity contribution in [1.82, 2.24) is 4.90 Å². The van der Waals surface area contributed by atoms with Gasteiger partial charge in [-0.25, -0.2) is 8.42 Å². The fourth-order valence-electron chi connectivity index (χ4n) is 1.41. The highest BCUT2D eigenvalue weighted by atomic mass is 32.2. The van der Waals surface area contributed by atoms with Gasteiger partial charge in [-0.1, -0.05) is 0 Å². The van der Waals surface area contributed by atoms with Gasteiger partial charge < -0.3 is 4.90 Å². The van der Waals surface area contributed by atoms with E-state index < -0.39 is 9.84 Å². The van der Waals surface area contributed by atoms with Gasteiger partial charge in [0.25, 0.3) is 0 Å². The molecule has 1 aliphatic rings. The molecule has 0 saturated carbocycles. The number of allylic oxidation sites excluding steroid dienone is 1. The summed E-state index contributed by atoms with van der Waals surface area (Å²) in [5, 5.41) is 0. The number of rotatable bonds is 3. The summed E-state index contributed by atoms with van der Waals surface area (Å²) in [5.41, 5.74) is 1.00. The second-order valence-electron chi connectivity index (χ2n) is 2.93. The Bertz CT molecular complexity index is 299. The first-order chi connectivity index (χ1) is 5.53. The molecule has 4 heteroatoms. The molecule has 1 aliphatic heterocycles. The molecule has 0 aromatic heterocycles. The van der Waals surface area contributed by atoms with Gasteiger partial charge in [-0.15, -0.1) is 0 Å². The molecular weight excluding hydrogens is 174 g/mol. The smallest absolute Gasteiger partial charge is 0.181 e. The molecular formula is C8H15NO2S. The monoisotopic (exact) mass is 189 g/mol. The molecule has 0 unspecified atom stereocenters. The zero-order chi connectivity index (χ0) is 9.35. The van der Waals surface area contributed by atoms with Crippen LogP contribution in [0.1, 0.15) is 20.8 Å². The van der Waals surface area contributed by atoms with Crippen LogP contribution >= 0.6 is 0 Å². The molecule has 0 spiro atoms. The van der Waals surface area contributed by atoms with E-state index in [1.807, 2.05) is 13.8 Å². The lowest BCUT2D eigenvalue weighted by atomic mass is 10.3. The summed E-state index contributed by atoms with van der Waals surface area (Å²) in [5.74, 6) is 0.237. The molecule has 70 valence electrons. The maximum absolute atomic E-state index is 11.1. The first kappa shape index (κ1) is 9.58. The van der Waals surface area contributed by atoms with Gasteiger partial charge in [-0.05, 0) is 20.8 Å². The summed E-state index contributed by atoms with van der Waals surface area (Å²) < 4.78 is 22.2. The zero-order valence-corrected chi connectivity index (χ0v) is 8.61. The number of hydrogen-bond donors (Lipinski definition) is 0. The van der Waals surface area contributed by atoms with Crippen LogP contribution in [0.25, 0.3) is 0 Å². The average Bonchev–Trinajstić information content (AvgIpc) is 2.04. The molecule has 0 N–H and O–H groups in total. The topological polar surface area (TPSA) is 37.4 Å². The van der Waals surface area contributed by atoms with Crippen LogP contribution in [0.4, 0.5) is 0 Å². The predicted octanol–water partition coefficient (Wildman–Crippen LogP) is 0.988. The Morgan fingerprint density at radius 2 is 1.83 bits per heavy atom. The van der Waals surface area contributed by atoms with Crippen molar-refractivity contribution in [3.05, 3.63) is 10.6 Å². The van der Waals surface area contributed by atoms with Crippen LogP contribution in [0, 0.1) is 0 Å². The van der Waals surface area contributed by atoms with Crippen LogP contribution in [0.5, 0.6) is 0 Å². The maximum atomic E-state index is 11.1. The molecule has 0 bridgehead atoms. The Morgan fingerprint density at radius 1 is 1.33 bits per heavy atom. The van der Waals surface area contributed by atoms with Crippen molar-refractivity contribution < 1.29 is 8.42 Å². The van der Waals surface area contributed by atoms with E-state index in [0.29, 0.717) is 4.91 Å². The van der Waals surface area contributed by atoms with Gasteiger partial charge in [-0.3, -0.25) is 0 Å². The van der Waals surface area contributed by atoms with Gasteiger partial charge in [0.15, 0.2) is 9.84 Å². The number of nitrogens with zero attached hydrogens (tertiary/aromatic N) is 1. The summed E-state index contributed by atoms with van der Waals surface area (Å²) in [6, 6.07) is 0. The maximum Gasteiger partial charge on any atom is 0.181 e. The summed E-state index contributed by atoms with van der Waals surface area (Å²) >= 11 is 0. The summed E-state index contributed by atoms with van der Waals surface area (Å²) in [7, 11) is -2.84. The van der Waals surface area contributed by atoms with Crippen molar-refractivity contribution in [2.24, 2.45) is 0 Å². The molecule has 0 fully saturated rings. The van der Waals surface area contributed by atoms with Crippen molar-refractivity contribution in [2.75, 3.05) is 18.8 Å². The fourth-order valence-corrected chi connectivity index (χ4v) is 2.70. The summed E-state index contributed by atoms with van der Waals surface area (Å²) in [4.78, 5) is 2.65. The Labute approximate surface area is 74.0 Å². The number of sulfone groups is 1. The van der Waals surface area contributed by atoms with E-state index in [2.05, 4.69) is 4.90 Å². The van der Waals surface area contributed by atoms with E-state index in [1.165, 1.54) is 0 Å². The van der Waals surface area contributed by atoms with E-state index >= 15 is 0 Å². The third-order valence-electron chi connectivity index (χ3n) is 2.34. The third-order valence-corrected chi connectivity index (χ3v) is 4.17.